The van der Waals surface area contributed by atoms with Gasteiger partial charge in [-0.2, -0.15) is 0 Å². The van der Waals surface area contributed by atoms with Gasteiger partial charge in [-0.15, -0.1) is 0 Å². The summed E-state index contributed by atoms with van der Waals surface area (Å²) in [5.74, 6) is -1.32. The summed E-state index contributed by atoms with van der Waals surface area (Å²) in [4.78, 5) is 47.4. The Balaban J connectivity index is 1.79. The molecule has 6 heteroatoms. The monoisotopic (exact) mass is 381 g/mol. The van der Waals surface area contributed by atoms with Gasteiger partial charge in [0, 0.05) is 23.2 Å². The highest BCUT2D eigenvalue weighted by molar-refractivity contribution is 6.00. The summed E-state index contributed by atoms with van der Waals surface area (Å²) in [6, 6.07) is 13.5. The van der Waals surface area contributed by atoms with Crippen LogP contribution < -0.4 is 5.32 Å². The predicted molar refractivity (Wildman–Crippen MR) is 105 cm³/mol. The molecule has 146 valence electrons. The third-order valence-corrected chi connectivity index (χ3v) is 4.14. The molecule has 0 bridgehead atoms. The lowest BCUT2D eigenvalue weighted by Gasteiger charge is -2.12. The molecule has 0 aliphatic heterocycles. The van der Waals surface area contributed by atoms with E-state index in [4.69, 9.17) is 4.74 Å². The van der Waals surface area contributed by atoms with Crippen LogP contribution in [0.5, 0.6) is 0 Å². The van der Waals surface area contributed by atoms with E-state index in [-0.39, 0.29) is 30.3 Å². The van der Waals surface area contributed by atoms with Crippen molar-refractivity contribution in [3.8, 4) is 0 Å². The molecule has 1 amide bonds. The molecule has 0 unspecified atom stereocenters. The lowest BCUT2D eigenvalue weighted by molar-refractivity contribution is -0.147. The van der Waals surface area contributed by atoms with Crippen molar-refractivity contribution in [3.05, 3.63) is 65.2 Å². The minimum absolute atomic E-state index is 0.0603. The van der Waals surface area contributed by atoms with Crippen molar-refractivity contribution in [2.45, 2.75) is 39.7 Å². The zero-order valence-electron chi connectivity index (χ0n) is 16.2. The highest BCUT2D eigenvalue weighted by atomic mass is 16.5. The van der Waals surface area contributed by atoms with Gasteiger partial charge in [-0.25, -0.2) is 0 Å². The molecule has 1 N–H and O–H groups in total. The van der Waals surface area contributed by atoms with E-state index in [1.165, 1.54) is 13.8 Å². The zero-order valence-corrected chi connectivity index (χ0v) is 16.2. The third kappa shape index (κ3) is 6.16. The highest BCUT2D eigenvalue weighted by Crippen LogP contribution is 2.12. The van der Waals surface area contributed by atoms with E-state index in [0.717, 1.165) is 5.56 Å². The molecule has 0 radical (unpaired) electrons. The number of carbonyl (C=O) groups excluding carboxylic acids is 4. The maximum Gasteiger partial charge on any atom is 0.307 e. The Labute approximate surface area is 163 Å². The van der Waals surface area contributed by atoms with Crippen LogP contribution in [0, 0.1) is 6.92 Å². The van der Waals surface area contributed by atoms with Crippen molar-refractivity contribution >= 4 is 29.1 Å². The van der Waals surface area contributed by atoms with Crippen LogP contribution in [0.2, 0.25) is 0 Å². The predicted octanol–water partition coefficient (Wildman–Crippen LogP) is 3.73. The number of carbonyl (C=O) groups is 4. The van der Waals surface area contributed by atoms with Crippen LogP contribution in [0.25, 0.3) is 0 Å². The summed E-state index contributed by atoms with van der Waals surface area (Å²) in [6.45, 7) is 4.89. The Hall–Kier alpha value is -3.28. The topological polar surface area (TPSA) is 89.5 Å². The normalized spacial score (nSPS) is 11.4. The Morgan fingerprint density at radius 1 is 0.893 bits per heavy atom. The molecule has 6 nitrogen and oxygen atoms in total. The molecule has 0 aliphatic carbocycles. The van der Waals surface area contributed by atoms with Gasteiger partial charge in [-0.3, -0.25) is 19.2 Å². The number of Topliss-reactive ketones (excluding diaryl/α,β-unsaturated/α-hetero) is 2. The van der Waals surface area contributed by atoms with Gasteiger partial charge in [0.2, 0.25) is 11.7 Å². The summed E-state index contributed by atoms with van der Waals surface area (Å²) in [7, 11) is 0. The van der Waals surface area contributed by atoms with Crippen LogP contribution >= 0.6 is 0 Å². The minimum atomic E-state index is -0.919. The molecular formula is C22H23NO5. The second-order valence-corrected chi connectivity index (χ2v) is 6.54. The van der Waals surface area contributed by atoms with Gasteiger partial charge in [0.15, 0.2) is 11.9 Å². The second-order valence-electron chi connectivity index (χ2n) is 6.54. The smallest absolute Gasteiger partial charge is 0.307 e. The van der Waals surface area contributed by atoms with Crippen LogP contribution in [-0.4, -0.2) is 29.5 Å². The number of anilines is 1. The van der Waals surface area contributed by atoms with E-state index in [1.54, 1.807) is 36.4 Å². The molecule has 0 spiro atoms. The molecule has 0 fully saturated rings. The standard InChI is InChI=1S/C22H23NO5/c1-14-4-6-18(7-5-14)22(27)16(3)28-21(26)13-12-20(25)23-19-10-8-17(9-11-19)15(2)24/h4-11,16H,12-13H2,1-3H3,(H,23,25)/t16-/m0/s1. The lowest BCUT2D eigenvalue weighted by Crippen LogP contribution is -2.25. The Morgan fingerprint density at radius 2 is 1.46 bits per heavy atom. The summed E-state index contributed by atoms with van der Waals surface area (Å²) in [5, 5.41) is 2.65. The lowest BCUT2D eigenvalue weighted by atomic mass is 10.1. The number of nitrogens with one attached hydrogen (secondary N) is 1. The summed E-state index contributed by atoms with van der Waals surface area (Å²) >= 11 is 0. The first-order valence-corrected chi connectivity index (χ1v) is 8.97. The first-order chi connectivity index (χ1) is 13.3. The van der Waals surface area contributed by atoms with Gasteiger partial charge < -0.3 is 10.1 Å². The van der Waals surface area contributed by atoms with E-state index < -0.39 is 12.1 Å². The van der Waals surface area contributed by atoms with Gasteiger partial charge in [-0.05, 0) is 45.0 Å². The number of hydrogen-bond donors (Lipinski definition) is 1. The number of aryl methyl sites for hydroxylation is 1. The van der Waals surface area contributed by atoms with Gasteiger partial charge in [0.05, 0.1) is 6.42 Å². The SMILES string of the molecule is CC(=O)c1ccc(NC(=O)CCC(=O)O[C@@H](C)C(=O)c2ccc(C)cc2)cc1. The number of ether oxygens (including phenoxy) is 1. The number of amides is 1. The number of rotatable bonds is 8. The molecule has 0 saturated heterocycles. The number of esters is 1. The van der Waals surface area contributed by atoms with Crippen LogP contribution in [-0.2, 0) is 14.3 Å². The molecule has 28 heavy (non-hydrogen) atoms. The molecule has 2 aromatic carbocycles. The quantitative estimate of drug-likeness (QED) is 0.556. The summed E-state index contributed by atoms with van der Waals surface area (Å²) < 4.78 is 5.13. The van der Waals surface area contributed by atoms with Crippen LogP contribution in [0.4, 0.5) is 5.69 Å². The maximum atomic E-state index is 12.3. The van der Waals surface area contributed by atoms with Gasteiger partial charge in [-0.1, -0.05) is 29.8 Å². The average Bonchev–Trinajstić information content (AvgIpc) is 2.67. The fraction of sp³-hybridized carbons (Fsp3) is 0.273. The van der Waals surface area contributed by atoms with Gasteiger partial charge in [0.25, 0.3) is 0 Å². The fourth-order valence-electron chi connectivity index (χ4n) is 2.49. The number of hydrogen-bond acceptors (Lipinski definition) is 5. The van der Waals surface area contributed by atoms with Crippen LogP contribution in [0.1, 0.15) is 53.0 Å². The molecule has 1 atom stereocenters. The van der Waals surface area contributed by atoms with Crippen molar-refractivity contribution in [1.29, 1.82) is 0 Å². The first kappa shape index (κ1) is 21.0. The number of ketones is 2. The van der Waals surface area contributed by atoms with Crippen molar-refractivity contribution < 1.29 is 23.9 Å². The molecule has 0 heterocycles. The van der Waals surface area contributed by atoms with Crippen molar-refractivity contribution in [2.75, 3.05) is 5.32 Å². The van der Waals surface area contributed by atoms with Crippen molar-refractivity contribution in [2.24, 2.45) is 0 Å². The Morgan fingerprint density at radius 3 is 2.04 bits per heavy atom. The third-order valence-electron chi connectivity index (χ3n) is 4.14. The van der Waals surface area contributed by atoms with E-state index in [1.807, 2.05) is 19.1 Å². The Bertz CT molecular complexity index is 869. The van der Waals surface area contributed by atoms with Crippen LogP contribution in [0.15, 0.2) is 48.5 Å². The molecule has 0 aliphatic rings. The van der Waals surface area contributed by atoms with E-state index in [0.29, 0.717) is 16.8 Å². The second kappa shape index (κ2) is 9.60. The van der Waals surface area contributed by atoms with E-state index in [2.05, 4.69) is 5.32 Å². The van der Waals surface area contributed by atoms with E-state index in [9.17, 15) is 19.2 Å². The van der Waals surface area contributed by atoms with Gasteiger partial charge in [0.1, 0.15) is 0 Å². The largest absolute Gasteiger partial charge is 0.454 e. The minimum Gasteiger partial charge on any atom is -0.454 e. The molecular weight excluding hydrogens is 358 g/mol. The maximum absolute atomic E-state index is 12.3. The average molecular weight is 381 g/mol. The van der Waals surface area contributed by atoms with Crippen LogP contribution in [0.3, 0.4) is 0 Å². The molecule has 2 aromatic rings. The molecule has 0 aromatic heterocycles. The van der Waals surface area contributed by atoms with Gasteiger partial charge >= 0.3 is 5.97 Å². The van der Waals surface area contributed by atoms with Crippen molar-refractivity contribution in [3.63, 3.8) is 0 Å². The Kier molecular flexibility index (Phi) is 7.21. The first-order valence-electron chi connectivity index (χ1n) is 8.97. The fourth-order valence-corrected chi connectivity index (χ4v) is 2.49. The summed E-state index contributed by atoms with van der Waals surface area (Å²) in [5.41, 5.74) is 2.58. The molecule has 2 rings (SSSR count). The van der Waals surface area contributed by atoms with Crippen molar-refractivity contribution in [1.82, 2.24) is 0 Å². The number of benzene rings is 2. The van der Waals surface area contributed by atoms with E-state index >= 15 is 0 Å². The highest BCUT2D eigenvalue weighted by Gasteiger charge is 2.20. The molecule has 0 saturated carbocycles. The zero-order chi connectivity index (χ0) is 20.7. The summed E-state index contributed by atoms with van der Waals surface area (Å²) in [6.07, 6.45) is -1.13.